The first kappa shape index (κ1) is 18.3. The molecule has 1 heterocycles. The topological polar surface area (TPSA) is 70.0 Å². The molecule has 1 amide bonds. The molecule has 26 heavy (non-hydrogen) atoms. The summed E-state index contributed by atoms with van der Waals surface area (Å²) in [6.45, 7) is 0.495. The molecule has 1 aliphatic heterocycles. The quantitative estimate of drug-likeness (QED) is 0.465. The zero-order valence-corrected chi connectivity index (χ0v) is 15.6. The maximum atomic E-state index is 12.6. The molecule has 0 radical (unpaired) electrons. The Balaban J connectivity index is 1.69. The smallest absolute Gasteiger partial charge is 0.266 e. The van der Waals surface area contributed by atoms with Crippen molar-refractivity contribution in [3.8, 4) is 17.2 Å². The first-order valence-electron chi connectivity index (χ1n) is 7.88. The van der Waals surface area contributed by atoms with Gasteiger partial charge in [0.2, 0.25) is 0 Å². The Morgan fingerprint density at radius 3 is 2.54 bits per heavy atom. The number of hydrogen-bond acceptors (Lipinski definition) is 6. The lowest BCUT2D eigenvalue weighted by Crippen LogP contribution is -2.30. The van der Waals surface area contributed by atoms with Crippen LogP contribution in [-0.4, -0.2) is 39.0 Å². The van der Waals surface area contributed by atoms with Crippen molar-refractivity contribution < 1.29 is 19.7 Å². The lowest BCUT2D eigenvalue weighted by Gasteiger charge is -2.14. The van der Waals surface area contributed by atoms with Gasteiger partial charge in [-0.1, -0.05) is 42.2 Å². The van der Waals surface area contributed by atoms with E-state index in [1.807, 2.05) is 24.3 Å². The maximum absolute atomic E-state index is 12.6. The minimum atomic E-state index is -0.228. The summed E-state index contributed by atoms with van der Waals surface area (Å²) in [4.78, 5) is 14.7. The number of phenols is 2. The van der Waals surface area contributed by atoms with Crippen LogP contribution in [0.15, 0.2) is 47.4 Å². The highest BCUT2D eigenvalue weighted by molar-refractivity contribution is 8.26. The number of aromatic hydroxyl groups is 2. The van der Waals surface area contributed by atoms with Gasteiger partial charge in [-0.2, -0.15) is 0 Å². The fourth-order valence-electron chi connectivity index (χ4n) is 2.51. The second-order valence-corrected chi connectivity index (χ2v) is 7.36. The van der Waals surface area contributed by atoms with E-state index in [9.17, 15) is 15.0 Å². The van der Waals surface area contributed by atoms with Crippen LogP contribution in [0.25, 0.3) is 6.08 Å². The number of hydrogen-bond donors (Lipinski definition) is 2. The number of nitrogens with zero attached hydrogens (tertiary/aromatic N) is 1. The summed E-state index contributed by atoms with van der Waals surface area (Å²) in [7, 11) is 1.62. The van der Waals surface area contributed by atoms with Crippen LogP contribution in [0.2, 0.25) is 0 Å². The number of rotatable bonds is 5. The number of carbonyl (C=O) groups is 1. The SMILES string of the molecule is COc1ccc(CCN2C(=O)C(=Cc3ccc(O)c(O)c3)SC2=S)cc1. The fourth-order valence-corrected chi connectivity index (χ4v) is 3.82. The van der Waals surface area contributed by atoms with Crippen LogP contribution in [0.5, 0.6) is 17.2 Å². The Bertz CT molecular complexity index is 878. The molecular weight excluding hydrogens is 370 g/mol. The van der Waals surface area contributed by atoms with Crippen molar-refractivity contribution in [1.29, 1.82) is 0 Å². The number of carbonyl (C=O) groups excluding carboxylic acids is 1. The van der Waals surface area contributed by atoms with Gasteiger partial charge in [0.1, 0.15) is 10.1 Å². The van der Waals surface area contributed by atoms with Gasteiger partial charge >= 0.3 is 0 Å². The van der Waals surface area contributed by atoms with Crippen LogP contribution in [0, 0.1) is 0 Å². The van der Waals surface area contributed by atoms with Gasteiger partial charge in [-0.05, 0) is 47.9 Å². The highest BCUT2D eigenvalue weighted by atomic mass is 32.2. The molecule has 5 nitrogen and oxygen atoms in total. The minimum absolute atomic E-state index is 0.152. The molecule has 1 saturated heterocycles. The van der Waals surface area contributed by atoms with Gasteiger partial charge < -0.3 is 14.9 Å². The first-order chi connectivity index (χ1) is 12.5. The third-order valence-corrected chi connectivity index (χ3v) is 5.33. The Labute approximate surface area is 160 Å². The Hall–Kier alpha value is -2.51. The molecule has 0 aromatic heterocycles. The van der Waals surface area contributed by atoms with E-state index in [4.69, 9.17) is 17.0 Å². The highest BCUT2D eigenvalue weighted by Gasteiger charge is 2.31. The molecule has 0 atom stereocenters. The van der Waals surface area contributed by atoms with Crippen molar-refractivity contribution in [3.05, 3.63) is 58.5 Å². The summed E-state index contributed by atoms with van der Waals surface area (Å²) in [5.74, 6) is 0.212. The number of amides is 1. The summed E-state index contributed by atoms with van der Waals surface area (Å²) in [6, 6.07) is 12.1. The van der Waals surface area contributed by atoms with E-state index < -0.39 is 0 Å². The van der Waals surface area contributed by atoms with Gasteiger partial charge in [-0.25, -0.2) is 0 Å². The van der Waals surface area contributed by atoms with Crippen LogP contribution < -0.4 is 4.74 Å². The second kappa shape index (κ2) is 7.80. The predicted octanol–water partition coefficient (Wildman–Crippen LogP) is 3.55. The Morgan fingerprint density at radius 1 is 1.15 bits per heavy atom. The van der Waals surface area contributed by atoms with Crippen molar-refractivity contribution in [2.24, 2.45) is 0 Å². The molecule has 0 unspecified atom stereocenters. The van der Waals surface area contributed by atoms with Crippen LogP contribution in [0.1, 0.15) is 11.1 Å². The number of thioether (sulfide) groups is 1. The molecule has 0 saturated carbocycles. The average molecular weight is 387 g/mol. The number of thiocarbonyl (C=S) groups is 1. The Morgan fingerprint density at radius 2 is 1.88 bits per heavy atom. The maximum Gasteiger partial charge on any atom is 0.266 e. The molecule has 1 fully saturated rings. The molecule has 3 rings (SSSR count). The van der Waals surface area contributed by atoms with Gasteiger partial charge in [0.25, 0.3) is 5.91 Å². The summed E-state index contributed by atoms with van der Waals surface area (Å²) < 4.78 is 5.65. The van der Waals surface area contributed by atoms with E-state index in [-0.39, 0.29) is 17.4 Å². The molecule has 0 spiro atoms. The van der Waals surface area contributed by atoms with Crippen molar-refractivity contribution >= 4 is 40.3 Å². The molecule has 2 aromatic rings. The van der Waals surface area contributed by atoms with E-state index in [0.717, 1.165) is 11.3 Å². The van der Waals surface area contributed by atoms with Gasteiger partial charge in [0.05, 0.1) is 12.0 Å². The van der Waals surface area contributed by atoms with E-state index >= 15 is 0 Å². The number of benzene rings is 2. The van der Waals surface area contributed by atoms with E-state index in [2.05, 4.69) is 0 Å². The molecule has 2 N–H and O–H groups in total. The first-order valence-corrected chi connectivity index (χ1v) is 9.10. The molecule has 134 valence electrons. The molecule has 0 aliphatic carbocycles. The largest absolute Gasteiger partial charge is 0.504 e. The predicted molar refractivity (Wildman–Crippen MR) is 106 cm³/mol. The average Bonchev–Trinajstić information content (AvgIpc) is 2.90. The highest BCUT2D eigenvalue weighted by Crippen LogP contribution is 2.34. The monoisotopic (exact) mass is 387 g/mol. The van der Waals surface area contributed by atoms with Crippen LogP contribution >= 0.6 is 24.0 Å². The molecule has 7 heteroatoms. The second-order valence-electron chi connectivity index (χ2n) is 5.68. The lowest BCUT2D eigenvalue weighted by atomic mass is 10.1. The van der Waals surface area contributed by atoms with E-state index in [1.165, 1.54) is 23.9 Å². The summed E-state index contributed by atoms with van der Waals surface area (Å²) in [5, 5.41) is 18.9. The van der Waals surface area contributed by atoms with Crippen LogP contribution in [0.3, 0.4) is 0 Å². The number of ether oxygens (including phenoxy) is 1. The fraction of sp³-hybridized carbons (Fsp3) is 0.158. The normalized spacial score (nSPS) is 15.7. The van der Waals surface area contributed by atoms with Crippen molar-refractivity contribution in [2.45, 2.75) is 6.42 Å². The van der Waals surface area contributed by atoms with Gasteiger partial charge in [-0.15, -0.1) is 0 Å². The molecular formula is C19H17NO4S2. The third-order valence-electron chi connectivity index (χ3n) is 3.95. The standard InChI is InChI=1S/C19H17NO4S2/c1-24-14-5-2-12(3-6-14)8-9-20-18(23)17(26-19(20)25)11-13-4-7-15(21)16(22)10-13/h2-7,10-11,21-22H,8-9H2,1H3. The van der Waals surface area contributed by atoms with E-state index in [1.54, 1.807) is 24.2 Å². The van der Waals surface area contributed by atoms with Gasteiger partial charge in [0.15, 0.2) is 11.5 Å². The summed E-state index contributed by atoms with van der Waals surface area (Å²) in [5.41, 5.74) is 1.71. The van der Waals surface area contributed by atoms with Crippen molar-refractivity contribution in [1.82, 2.24) is 4.90 Å². The van der Waals surface area contributed by atoms with Crippen LogP contribution in [-0.2, 0) is 11.2 Å². The molecule has 2 aromatic carbocycles. The molecule has 0 bridgehead atoms. The van der Waals surface area contributed by atoms with Crippen molar-refractivity contribution in [2.75, 3.05) is 13.7 Å². The lowest BCUT2D eigenvalue weighted by molar-refractivity contribution is -0.122. The Kier molecular flexibility index (Phi) is 5.49. The van der Waals surface area contributed by atoms with Gasteiger partial charge in [0, 0.05) is 6.54 Å². The third kappa shape index (κ3) is 4.00. The van der Waals surface area contributed by atoms with Crippen LogP contribution in [0.4, 0.5) is 0 Å². The summed E-state index contributed by atoms with van der Waals surface area (Å²) in [6.07, 6.45) is 2.34. The zero-order valence-electron chi connectivity index (χ0n) is 14.0. The van der Waals surface area contributed by atoms with Crippen molar-refractivity contribution in [3.63, 3.8) is 0 Å². The van der Waals surface area contributed by atoms with E-state index in [0.29, 0.717) is 27.8 Å². The van der Waals surface area contributed by atoms with Gasteiger partial charge in [-0.3, -0.25) is 9.69 Å². The number of methoxy groups -OCH3 is 1. The summed E-state index contributed by atoms with van der Waals surface area (Å²) >= 11 is 6.56. The minimum Gasteiger partial charge on any atom is -0.504 e. The zero-order chi connectivity index (χ0) is 18.7. The molecule has 1 aliphatic rings. The number of phenolic OH excluding ortho intramolecular Hbond substituents is 2.